The minimum Gasteiger partial charge on any atom is -0.336 e. The Balaban J connectivity index is 1.52. The van der Waals surface area contributed by atoms with Crippen molar-refractivity contribution in [3.05, 3.63) is 12.2 Å². The summed E-state index contributed by atoms with van der Waals surface area (Å²) in [6.45, 7) is 6.13. The number of nitrogens with zero attached hydrogens (tertiary/aromatic N) is 2. The lowest BCUT2D eigenvalue weighted by atomic mass is 9.85. The van der Waals surface area contributed by atoms with Crippen LogP contribution in [0.15, 0.2) is 12.2 Å². The molecule has 0 aromatic rings. The topological polar surface area (TPSA) is 69.7 Å². The van der Waals surface area contributed by atoms with E-state index >= 15 is 0 Å². The average Bonchev–Trinajstić information content (AvgIpc) is 3.23. The lowest BCUT2D eigenvalue weighted by Gasteiger charge is -2.23. The molecule has 4 atom stereocenters. The number of urea groups is 1. The maximum absolute atomic E-state index is 12.5. The van der Waals surface area contributed by atoms with E-state index in [2.05, 4.69) is 17.5 Å². The molecule has 132 valence electrons. The van der Waals surface area contributed by atoms with Crippen LogP contribution in [-0.2, 0) is 9.59 Å². The molecule has 2 fully saturated rings. The SMILES string of the molecule is CCCN(CCC)C(=O)NCCN1C(=O)C2C3C=CC(C3)C2C1=O. The molecule has 3 rings (SSSR count). The van der Waals surface area contributed by atoms with Crippen LogP contribution >= 0.6 is 0 Å². The third-order valence-corrected chi connectivity index (χ3v) is 5.45. The predicted molar refractivity (Wildman–Crippen MR) is 90.0 cm³/mol. The molecule has 1 aliphatic heterocycles. The Kier molecular flexibility index (Phi) is 4.92. The Morgan fingerprint density at radius 1 is 1.12 bits per heavy atom. The monoisotopic (exact) mass is 333 g/mol. The first-order chi connectivity index (χ1) is 11.6. The van der Waals surface area contributed by atoms with E-state index < -0.39 is 0 Å². The highest BCUT2D eigenvalue weighted by Gasteiger charge is 2.58. The minimum absolute atomic E-state index is 0.0462. The highest BCUT2D eigenvalue weighted by atomic mass is 16.2. The van der Waals surface area contributed by atoms with Gasteiger partial charge in [-0.25, -0.2) is 4.79 Å². The van der Waals surface area contributed by atoms with E-state index in [0.29, 0.717) is 6.54 Å². The molecule has 24 heavy (non-hydrogen) atoms. The molecule has 3 aliphatic rings. The van der Waals surface area contributed by atoms with Gasteiger partial charge in [0.25, 0.3) is 0 Å². The van der Waals surface area contributed by atoms with Gasteiger partial charge >= 0.3 is 6.03 Å². The van der Waals surface area contributed by atoms with Crippen LogP contribution in [0.2, 0.25) is 0 Å². The third kappa shape index (κ3) is 2.82. The van der Waals surface area contributed by atoms with Gasteiger partial charge in [0, 0.05) is 26.2 Å². The molecule has 2 bridgehead atoms. The fourth-order valence-corrected chi connectivity index (χ4v) is 4.43. The number of rotatable bonds is 7. The van der Waals surface area contributed by atoms with Gasteiger partial charge in [0.1, 0.15) is 0 Å². The second kappa shape index (κ2) is 6.95. The number of hydrogen-bond acceptors (Lipinski definition) is 3. The van der Waals surface area contributed by atoms with Gasteiger partial charge in [-0.1, -0.05) is 26.0 Å². The highest BCUT2D eigenvalue weighted by molar-refractivity contribution is 6.06. The highest BCUT2D eigenvalue weighted by Crippen LogP contribution is 2.52. The van der Waals surface area contributed by atoms with Gasteiger partial charge in [-0.15, -0.1) is 0 Å². The number of hydrogen-bond donors (Lipinski definition) is 1. The van der Waals surface area contributed by atoms with Crippen LogP contribution < -0.4 is 5.32 Å². The zero-order chi connectivity index (χ0) is 17.3. The zero-order valence-electron chi connectivity index (χ0n) is 14.5. The Morgan fingerprint density at radius 2 is 1.67 bits per heavy atom. The zero-order valence-corrected chi connectivity index (χ0v) is 14.5. The summed E-state index contributed by atoms with van der Waals surface area (Å²) in [6.07, 6.45) is 6.96. The van der Waals surface area contributed by atoms with Crippen molar-refractivity contribution < 1.29 is 14.4 Å². The second-order valence-corrected chi connectivity index (χ2v) is 7.05. The molecule has 0 spiro atoms. The van der Waals surface area contributed by atoms with Crippen LogP contribution in [0.1, 0.15) is 33.1 Å². The van der Waals surface area contributed by atoms with Crippen LogP contribution in [0.3, 0.4) is 0 Å². The lowest BCUT2D eigenvalue weighted by molar-refractivity contribution is -0.140. The molecule has 4 unspecified atom stereocenters. The summed E-state index contributed by atoms with van der Waals surface area (Å²) in [4.78, 5) is 40.4. The lowest BCUT2D eigenvalue weighted by Crippen LogP contribution is -2.45. The van der Waals surface area contributed by atoms with E-state index in [1.165, 1.54) is 4.90 Å². The molecule has 6 nitrogen and oxygen atoms in total. The molecule has 1 saturated heterocycles. The number of allylic oxidation sites excluding steroid dienone is 2. The largest absolute Gasteiger partial charge is 0.336 e. The molecule has 0 aromatic heterocycles. The number of amides is 4. The van der Waals surface area contributed by atoms with E-state index in [1.807, 2.05) is 13.8 Å². The van der Waals surface area contributed by atoms with Crippen LogP contribution in [0, 0.1) is 23.7 Å². The summed E-state index contributed by atoms with van der Waals surface area (Å²) in [5, 5.41) is 2.85. The molecular formula is C18H27N3O3. The molecule has 6 heteroatoms. The molecule has 1 heterocycles. The Bertz CT molecular complexity index is 524. The molecule has 1 saturated carbocycles. The van der Waals surface area contributed by atoms with Crippen molar-refractivity contribution in [1.82, 2.24) is 15.1 Å². The fourth-order valence-electron chi connectivity index (χ4n) is 4.43. The molecule has 4 amide bonds. The number of imide groups is 1. The first-order valence-electron chi connectivity index (χ1n) is 9.14. The number of nitrogens with one attached hydrogen (secondary N) is 1. The van der Waals surface area contributed by atoms with Gasteiger partial charge in [0.15, 0.2) is 0 Å². The van der Waals surface area contributed by atoms with E-state index in [4.69, 9.17) is 0 Å². The number of likely N-dealkylation sites (tertiary alicyclic amines) is 1. The minimum atomic E-state index is -0.153. The quantitative estimate of drug-likeness (QED) is 0.569. The molecular weight excluding hydrogens is 306 g/mol. The summed E-state index contributed by atoms with van der Waals surface area (Å²) in [7, 11) is 0. The van der Waals surface area contributed by atoms with E-state index in [9.17, 15) is 14.4 Å². The summed E-state index contributed by atoms with van der Waals surface area (Å²) in [5.41, 5.74) is 0. The molecule has 2 aliphatic carbocycles. The summed E-state index contributed by atoms with van der Waals surface area (Å²) in [6, 6.07) is -0.111. The molecule has 0 radical (unpaired) electrons. The smallest absolute Gasteiger partial charge is 0.317 e. The maximum Gasteiger partial charge on any atom is 0.317 e. The fraction of sp³-hybridized carbons (Fsp3) is 0.722. The second-order valence-electron chi connectivity index (χ2n) is 7.05. The van der Waals surface area contributed by atoms with Gasteiger partial charge in [0.05, 0.1) is 11.8 Å². The maximum atomic E-state index is 12.5. The van der Waals surface area contributed by atoms with Crippen molar-refractivity contribution in [3.8, 4) is 0 Å². The van der Waals surface area contributed by atoms with Gasteiger partial charge in [-0.2, -0.15) is 0 Å². The first-order valence-corrected chi connectivity index (χ1v) is 9.14. The first kappa shape index (κ1) is 17.0. The van der Waals surface area contributed by atoms with Crippen molar-refractivity contribution in [1.29, 1.82) is 0 Å². The number of carbonyl (C=O) groups excluding carboxylic acids is 3. The molecule has 1 N–H and O–H groups in total. The van der Waals surface area contributed by atoms with Gasteiger partial charge in [0.2, 0.25) is 11.8 Å². The van der Waals surface area contributed by atoms with Crippen LogP contribution in [0.25, 0.3) is 0 Å². The molecule has 0 aromatic carbocycles. The summed E-state index contributed by atoms with van der Waals surface area (Å²) >= 11 is 0. The third-order valence-electron chi connectivity index (χ3n) is 5.45. The van der Waals surface area contributed by atoms with Crippen molar-refractivity contribution in [2.75, 3.05) is 26.2 Å². The number of fused-ring (bicyclic) bond motifs is 5. The number of carbonyl (C=O) groups is 3. The predicted octanol–water partition coefficient (Wildman–Crippen LogP) is 1.63. The Labute approximate surface area is 143 Å². The van der Waals surface area contributed by atoms with Crippen molar-refractivity contribution in [2.45, 2.75) is 33.1 Å². The van der Waals surface area contributed by atoms with Gasteiger partial charge < -0.3 is 10.2 Å². The van der Waals surface area contributed by atoms with Crippen molar-refractivity contribution >= 4 is 17.8 Å². The summed E-state index contributed by atoms with van der Waals surface area (Å²) < 4.78 is 0. The van der Waals surface area contributed by atoms with Gasteiger partial charge in [-0.3, -0.25) is 14.5 Å². The van der Waals surface area contributed by atoms with Crippen molar-refractivity contribution in [3.63, 3.8) is 0 Å². The van der Waals surface area contributed by atoms with E-state index in [0.717, 1.165) is 32.4 Å². The Hall–Kier alpha value is -1.85. The van der Waals surface area contributed by atoms with Crippen molar-refractivity contribution in [2.24, 2.45) is 23.7 Å². The van der Waals surface area contributed by atoms with Crippen LogP contribution in [-0.4, -0.2) is 53.8 Å². The Morgan fingerprint density at radius 3 is 2.17 bits per heavy atom. The normalized spacial score (nSPS) is 30.2. The van der Waals surface area contributed by atoms with E-state index in [1.54, 1.807) is 4.90 Å². The van der Waals surface area contributed by atoms with Crippen LogP contribution in [0.5, 0.6) is 0 Å². The van der Waals surface area contributed by atoms with Crippen LogP contribution in [0.4, 0.5) is 4.79 Å². The van der Waals surface area contributed by atoms with E-state index in [-0.39, 0.29) is 48.1 Å². The standard InChI is InChI=1S/C18H27N3O3/c1-3-8-20(9-4-2)18(24)19-7-10-21-16(22)14-12-5-6-13(11-12)15(14)17(21)23/h5-6,12-15H,3-4,7-11H2,1-2H3,(H,19,24). The average molecular weight is 333 g/mol. The summed E-state index contributed by atoms with van der Waals surface area (Å²) in [5.74, 6) is 0.0752. The van der Waals surface area contributed by atoms with Gasteiger partial charge in [-0.05, 0) is 31.1 Å².